The quantitative estimate of drug-likeness (QED) is 0.492. The standard InChI is InChI=1S/C12H14N4O3S/c1-6-9(11(18)19-3)7(2)15-10(6)8(17)4-20-12-13-5-14-16-12/h5,15H,4H2,1-3H3,(H,13,14,16). The second-order valence-corrected chi connectivity index (χ2v) is 5.08. The topological polar surface area (TPSA) is 101 Å². The maximum Gasteiger partial charge on any atom is 0.339 e. The van der Waals surface area contributed by atoms with Crippen molar-refractivity contribution >= 4 is 23.5 Å². The van der Waals surface area contributed by atoms with Crippen molar-refractivity contribution in [2.24, 2.45) is 0 Å². The fraction of sp³-hybridized carbons (Fsp3) is 0.333. The van der Waals surface area contributed by atoms with E-state index in [2.05, 4.69) is 20.2 Å². The number of nitrogens with one attached hydrogen (secondary N) is 2. The van der Waals surface area contributed by atoms with Crippen LogP contribution in [0, 0.1) is 13.8 Å². The summed E-state index contributed by atoms with van der Waals surface area (Å²) in [5, 5.41) is 6.95. The second-order valence-electron chi connectivity index (χ2n) is 4.12. The fourth-order valence-corrected chi connectivity index (χ4v) is 2.56. The van der Waals surface area contributed by atoms with Gasteiger partial charge in [-0.25, -0.2) is 9.78 Å². The number of Topliss-reactive ketones (excluding diaryl/α,β-unsaturated/α-hetero) is 1. The molecule has 0 spiro atoms. The zero-order chi connectivity index (χ0) is 14.7. The Morgan fingerprint density at radius 2 is 2.15 bits per heavy atom. The normalized spacial score (nSPS) is 10.6. The number of esters is 1. The summed E-state index contributed by atoms with van der Waals surface area (Å²) < 4.78 is 4.71. The third kappa shape index (κ3) is 2.74. The molecule has 0 aliphatic heterocycles. The summed E-state index contributed by atoms with van der Waals surface area (Å²) >= 11 is 1.25. The van der Waals surface area contributed by atoms with Gasteiger partial charge in [0.2, 0.25) is 0 Å². The lowest BCUT2D eigenvalue weighted by Gasteiger charge is -2.00. The molecule has 7 nitrogen and oxygen atoms in total. The molecule has 0 atom stereocenters. The smallest absolute Gasteiger partial charge is 0.339 e. The second kappa shape index (κ2) is 5.91. The fourth-order valence-electron chi connectivity index (χ4n) is 1.91. The van der Waals surface area contributed by atoms with E-state index in [0.717, 1.165) is 0 Å². The average Bonchev–Trinajstić information content (AvgIpc) is 3.04. The van der Waals surface area contributed by atoms with Crippen molar-refractivity contribution in [1.82, 2.24) is 20.2 Å². The highest BCUT2D eigenvalue weighted by Crippen LogP contribution is 2.21. The van der Waals surface area contributed by atoms with Gasteiger partial charge in [0.25, 0.3) is 0 Å². The zero-order valence-corrected chi connectivity index (χ0v) is 12.1. The van der Waals surface area contributed by atoms with Gasteiger partial charge in [0, 0.05) is 5.69 Å². The van der Waals surface area contributed by atoms with E-state index >= 15 is 0 Å². The Kier molecular flexibility index (Phi) is 4.23. The zero-order valence-electron chi connectivity index (χ0n) is 11.3. The first-order chi connectivity index (χ1) is 9.54. The number of carbonyl (C=O) groups is 2. The molecule has 2 aromatic rings. The Bertz CT molecular complexity index is 633. The molecule has 8 heteroatoms. The van der Waals surface area contributed by atoms with Crippen molar-refractivity contribution in [3.63, 3.8) is 0 Å². The number of methoxy groups -OCH3 is 1. The first-order valence-corrected chi connectivity index (χ1v) is 6.82. The van der Waals surface area contributed by atoms with Crippen LogP contribution < -0.4 is 0 Å². The molecule has 0 unspecified atom stereocenters. The molecule has 2 rings (SSSR count). The van der Waals surface area contributed by atoms with Gasteiger partial charge in [-0.1, -0.05) is 11.8 Å². The van der Waals surface area contributed by atoms with Crippen LogP contribution in [-0.4, -0.2) is 44.8 Å². The number of nitrogens with zero attached hydrogens (tertiary/aromatic N) is 2. The van der Waals surface area contributed by atoms with E-state index in [1.807, 2.05) is 0 Å². The third-order valence-electron chi connectivity index (χ3n) is 2.84. The summed E-state index contributed by atoms with van der Waals surface area (Å²) in [6.07, 6.45) is 1.38. The highest BCUT2D eigenvalue weighted by atomic mass is 32.2. The molecule has 0 aliphatic rings. The lowest BCUT2D eigenvalue weighted by molar-refractivity contribution is 0.0599. The molecule has 106 valence electrons. The summed E-state index contributed by atoms with van der Waals surface area (Å²) in [5.74, 6) is -0.350. The van der Waals surface area contributed by atoms with E-state index in [1.54, 1.807) is 13.8 Å². The number of ketones is 1. The summed E-state index contributed by atoms with van der Waals surface area (Å²) in [6, 6.07) is 0. The van der Waals surface area contributed by atoms with Gasteiger partial charge in [-0.3, -0.25) is 9.89 Å². The van der Waals surface area contributed by atoms with E-state index in [4.69, 9.17) is 4.74 Å². The van der Waals surface area contributed by atoms with Crippen LogP contribution in [0.5, 0.6) is 0 Å². The maximum atomic E-state index is 12.2. The van der Waals surface area contributed by atoms with E-state index in [0.29, 0.717) is 27.7 Å². The van der Waals surface area contributed by atoms with E-state index in [-0.39, 0.29) is 11.5 Å². The average molecular weight is 294 g/mol. The van der Waals surface area contributed by atoms with Crippen LogP contribution in [0.25, 0.3) is 0 Å². The van der Waals surface area contributed by atoms with Crippen molar-refractivity contribution in [1.29, 1.82) is 0 Å². The summed E-state index contributed by atoms with van der Waals surface area (Å²) in [4.78, 5) is 30.7. The number of aromatic nitrogens is 4. The van der Waals surface area contributed by atoms with Crippen LogP contribution in [-0.2, 0) is 4.74 Å². The minimum Gasteiger partial charge on any atom is -0.465 e. The van der Waals surface area contributed by atoms with Crippen LogP contribution >= 0.6 is 11.8 Å². The maximum absolute atomic E-state index is 12.2. The van der Waals surface area contributed by atoms with Crippen LogP contribution in [0.3, 0.4) is 0 Å². The molecule has 0 amide bonds. The molecule has 0 bridgehead atoms. The minimum atomic E-state index is -0.446. The van der Waals surface area contributed by atoms with E-state index in [1.165, 1.54) is 25.2 Å². The largest absolute Gasteiger partial charge is 0.465 e. The van der Waals surface area contributed by atoms with Crippen LogP contribution in [0.15, 0.2) is 11.5 Å². The number of aromatic amines is 2. The molecule has 0 aliphatic carbocycles. The van der Waals surface area contributed by atoms with Gasteiger partial charge in [0.05, 0.1) is 24.1 Å². The predicted molar refractivity (Wildman–Crippen MR) is 73.0 cm³/mol. The highest BCUT2D eigenvalue weighted by Gasteiger charge is 2.22. The highest BCUT2D eigenvalue weighted by molar-refractivity contribution is 7.99. The lowest BCUT2D eigenvalue weighted by atomic mass is 10.1. The Morgan fingerprint density at radius 3 is 2.75 bits per heavy atom. The van der Waals surface area contributed by atoms with Gasteiger partial charge in [-0.05, 0) is 19.4 Å². The molecule has 2 N–H and O–H groups in total. The minimum absolute atomic E-state index is 0.109. The number of ether oxygens (including phenoxy) is 1. The van der Waals surface area contributed by atoms with Crippen LogP contribution in [0.1, 0.15) is 32.1 Å². The van der Waals surface area contributed by atoms with Crippen LogP contribution in [0.4, 0.5) is 0 Å². The molecule has 0 saturated carbocycles. The molecule has 2 heterocycles. The van der Waals surface area contributed by atoms with Gasteiger partial charge in [-0.15, -0.1) is 0 Å². The summed E-state index contributed by atoms with van der Waals surface area (Å²) in [5.41, 5.74) is 2.08. The van der Waals surface area contributed by atoms with E-state index in [9.17, 15) is 9.59 Å². The molecule has 0 fully saturated rings. The van der Waals surface area contributed by atoms with Crippen LogP contribution in [0.2, 0.25) is 0 Å². The lowest BCUT2D eigenvalue weighted by Crippen LogP contribution is -2.07. The SMILES string of the molecule is COC(=O)c1c(C)[nH]c(C(=O)CSc2ncn[nH]2)c1C. The number of thioether (sulfide) groups is 1. The monoisotopic (exact) mass is 294 g/mol. The predicted octanol–water partition coefficient (Wildman–Crippen LogP) is 1.51. The molecule has 0 saturated heterocycles. The van der Waals surface area contributed by atoms with Crippen molar-refractivity contribution in [2.75, 3.05) is 12.9 Å². The van der Waals surface area contributed by atoms with Crippen molar-refractivity contribution < 1.29 is 14.3 Å². The molecule has 0 radical (unpaired) electrons. The third-order valence-corrected chi connectivity index (χ3v) is 3.72. The molecule has 20 heavy (non-hydrogen) atoms. The Morgan fingerprint density at radius 1 is 1.40 bits per heavy atom. The van der Waals surface area contributed by atoms with Crippen molar-refractivity contribution in [2.45, 2.75) is 19.0 Å². The Balaban J connectivity index is 2.16. The number of aryl methyl sites for hydroxylation is 1. The first kappa shape index (κ1) is 14.3. The number of hydrogen-bond acceptors (Lipinski definition) is 6. The summed E-state index contributed by atoms with van der Waals surface area (Å²) in [6.45, 7) is 3.46. The van der Waals surface area contributed by atoms with Gasteiger partial charge in [-0.2, -0.15) is 5.10 Å². The number of H-pyrrole nitrogens is 2. The number of rotatable bonds is 5. The Labute approximate surface area is 119 Å². The van der Waals surface area contributed by atoms with E-state index < -0.39 is 5.97 Å². The molecule has 0 aromatic carbocycles. The summed E-state index contributed by atoms with van der Waals surface area (Å²) in [7, 11) is 1.31. The van der Waals surface area contributed by atoms with Gasteiger partial charge in [0.1, 0.15) is 6.33 Å². The Hall–Kier alpha value is -2.09. The number of hydrogen-bond donors (Lipinski definition) is 2. The molecule has 2 aromatic heterocycles. The van der Waals surface area contributed by atoms with Gasteiger partial charge < -0.3 is 9.72 Å². The molecular formula is C12H14N4O3S. The number of carbonyl (C=O) groups excluding carboxylic acids is 2. The van der Waals surface area contributed by atoms with Crippen molar-refractivity contribution in [3.8, 4) is 0 Å². The first-order valence-electron chi connectivity index (χ1n) is 5.83. The van der Waals surface area contributed by atoms with Crippen molar-refractivity contribution in [3.05, 3.63) is 28.8 Å². The van der Waals surface area contributed by atoms with Gasteiger partial charge >= 0.3 is 5.97 Å². The molecular weight excluding hydrogens is 280 g/mol. The van der Waals surface area contributed by atoms with Gasteiger partial charge in [0.15, 0.2) is 10.9 Å².